The number of aliphatic carboxylic acids is 1. The predicted molar refractivity (Wildman–Crippen MR) is 122 cm³/mol. The van der Waals surface area contributed by atoms with Gasteiger partial charge in [-0.05, 0) is 29.2 Å². The van der Waals surface area contributed by atoms with E-state index in [1.807, 2.05) is 48.5 Å². The standard InChI is InChI=1S/C25H28N2O7/c1-15-22(24(29)30)27(11-12-33-15)23(28)21(14-32-2)26-25(31)34-13-20-18-9-5-3-7-16(18)17-8-4-6-10-19(17)20/h3-10,15,20-22H,11-14H2,1-2H3,(H,26,31)(H,29,30). The van der Waals surface area contributed by atoms with Gasteiger partial charge in [0, 0.05) is 19.6 Å². The topological polar surface area (TPSA) is 114 Å². The van der Waals surface area contributed by atoms with Gasteiger partial charge in [0.05, 0.1) is 19.3 Å². The number of hydrogen-bond acceptors (Lipinski definition) is 6. The maximum absolute atomic E-state index is 13.1. The molecule has 9 nitrogen and oxygen atoms in total. The number of morpholine rings is 1. The summed E-state index contributed by atoms with van der Waals surface area (Å²) in [6, 6.07) is 13.7. The molecule has 4 rings (SSSR count). The van der Waals surface area contributed by atoms with Crippen molar-refractivity contribution < 1.29 is 33.7 Å². The van der Waals surface area contributed by atoms with E-state index < -0.39 is 36.2 Å². The summed E-state index contributed by atoms with van der Waals surface area (Å²) in [5, 5.41) is 12.1. The Morgan fingerprint density at radius 3 is 2.32 bits per heavy atom. The molecule has 1 aliphatic carbocycles. The van der Waals surface area contributed by atoms with Crippen molar-refractivity contribution in [2.75, 3.05) is 33.5 Å². The molecule has 0 spiro atoms. The Kier molecular flexibility index (Phi) is 7.14. The van der Waals surface area contributed by atoms with Gasteiger partial charge in [0.25, 0.3) is 0 Å². The Hall–Kier alpha value is -3.43. The van der Waals surface area contributed by atoms with Gasteiger partial charge >= 0.3 is 12.1 Å². The number of amides is 2. The van der Waals surface area contributed by atoms with E-state index in [0.29, 0.717) is 0 Å². The first-order valence-electron chi connectivity index (χ1n) is 11.2. The van der Waals surface area contributed by atoms with Gasteiger partial charge in [-0.2, -0.15) is 0 Å². The molecule has 9 heteroatoms. The zero-order valence-electron chi connectivity index (χ0n) is 19.1. The number of hydrogen-bond donors (Lipinski definition) is 2. The number of carboxylic acids is 1. The quantitative estimate of drug-likeness (QED) is 0.641. The fourth-order valence-electron chi connectivity index (χ4n) is 4.73. The highest BCUT2D eigenvalue weighted by Crippen LogP contribution is 2.44. The summed E-state index contributed by atoms with van der Waals surface area (Å²) in [5.41, 5.74) is 4.38. The van der Waals surface area contributed by atoms with Gasteiger partial charge in [-0.15, -0.1) is 0 Å². The van der Waals surface area contributed by atoms with Crippen molar-refractivity contribution >= 4 is 18.0 Å². The minimum atomic E-state index is -1.17. The smallest absolute Gasteiger partial charge is 0.407 e. The van der Waals surface area contributed by atoms with Crippen LogP contribution in [0.2, 0.25) is 0 Å². The van der Waals surface area contributed by atoms with Crippen LogP contribution >= 0.6 is 0 Å². The van der Waals surface area contributed by atoms with E-state index in [9.17, 15) is 19.5 Å². The zero-order chi connectivity index (χ0) is 24.2. The maximum Gasteiger partial charge on any atom is 0.407 e. The minimum Gasteiger partial charge on any atom is -0.480 e. The molecular weight excluding hydrogens is 440 g/mol. The van der Waals surface area contributed by atoms with Crippen LogP contribution in [0, 0.1) is 0 Å². The number of carbonyl (C=O) groups excluding carboxylic acids is 2. The van der Waals surface area contributed by atoms with Crippen molar-refractivity contribution in [3.63, 3.8) is 0 Å². The summed E-state index contributed by atoms with van der Waals surface area (Å²) >= 11 is 0. The lowest BCUT2D eigenvalue weighted by atomic mass is 9.98. The summed E-state index contributed by atoms with van der Waals surface area (Å²) in [4.78, 5) is 38.7. The lowest BCUT2D eigenvalue weighted by Gasteiger charge is -2.38. The molecule has 180 valence electrons. The molecule has 2 aromatic carbocycles. The number of methoxy groups -OCH3 is 1. The van der Waals surface area contributed by atoms with Crippen LogP contribution in [0.4, 0.5) is 4.79 Å². The maximum atomic E-state index is 13.1. The molecule has 0 saturated carbocycles. The van der Waals surface area contributed by atoms with Crippen LogP contribution < -0.4 is 5.32 Å². The Morgan fingerprint density at radius 1 is 1.12 bits per heavy atom. The molecule has 3 atom stereocenters. The third-order valence-corrected chi connectivity index (χ3v) is 6.30. The fourth-order valence-corrected chi connectivity index (χ4v) is 4.73. The SMILES string of the molecule is COCC(NC(=O)OCC1c2ccccc2-c2ccccc21)C(=O)N1CCOC(C)C1C(=O)O. The summed E-state index contributed by atoms with van der Waals surface area (Å²) in [7, 11) is 1.40. The molecular formula is C25H28N2O7. The van der Waals surface area contributed by atoms with Gasteiger partial charge in [-0.3, -0.25) is 4.79 Å². The zero-order valence-corrected chi connectivity index (χ0v) is 19.1. The molecule has 0 radical (unpaired) electrons. The van der Waals surface area contributed by atoms with Crippen LogP contribution in [0.3, 0.4) is 0 Å². The van der Waals surface area contributed by atoms with Crippen molar-refractivity contribution in [3.8, 4) is 11.1 Å². The number of alkyl carbamates (subject to hydrolysis) is 1. The fraction of sp³-hybridized carbons (Fsp3) is 0.400. The Labute approximate surface area is 197 Å². The second kappa shape index (κ2) is 10.2. The van der Waals surface area contributed by atoms with Gasteiger partial charge < -0.3 is 29.5 Å². The Balaban J connectivity index is 1.44. The van der Waals surface area contributed by atoms with Crippen molar-refractivity contribution in [3.05, 3.63) is 59.7 Å². The van der Waals surface area contributed by atoms with Crippen molar-refractivity contribution in [2.45, 2.75) is 31.0 Å². The highest BCUT2D eigenvalue weighted by molar-refractivity contribution is 5.90. The Morgan fingerprint density at radius 2 is 1.74 bits per heavy atom. The van der Waals surface area contributed by atoms with Gasteiger partial charge in [-0.25, -0.2) is 9.59 Å². The van der Waals surface area contributed by atoms with E-state index in [-0.39, 0.29) is 32.3 Å². The number of carboxylic acid groups (broad SMARTS) is 1. The number of benzene rings is 2. The van der Waals surface area contributed by atoms with E-state index in [0.717, 1.165) is 22.3 Å². The molecule has 0 aromatic heterocycles. The first kappa shape index (κ1) is 23.7. The van der Waals surface area contributed by atoms with Gasteiger partial charge in [0.2, 0.25) is 5.91 Å². The van der Waals surface area contributed by atoms with Gasteiger partial charge in [0.1, 0.15) is 12.6 Å². The second-order valence-electron chi connectivity index (χ2n) is 8.37. The number of fused-ring (bicyclic) bond motifs is 3. The third-order valence-electron chi connectivity index (χ3n) is 6.30. The largest absolute Gasteiger partial charge is 0.480 e. The third kappa shape index (κ3) is 4.62. The molecule has 2 aromatic rings. The summed E-state index contributed by atoms with van der Waals surface area (Å²) in [6.45, 7) is 1.89. The second-order valence-corrected chi connectivity index (χ2v) is 8.37. The molecule has 1 aliphatic heterocycles. The number of ether oxygens (including phenoxy) is 3. The highest BCUT2D eigenvalue weighted by Gasteiger charge is 2.41. The van der Waals surface area contributed by atoms with Gasteiger partial charge in [0.15, 0.2) is 6.04 Å². The Bertz CT molecular complexity index is 1030. The molecule has 2 amide bonds. The molecule has 1 heterocycles. The van der Waals surface area contributed by atoms with Crippen molar-refractivity contribution in [2.24, 2.45) is 0 Å². The number of nitrogens with one attached hydrogen (secondary N) is 1. The first-order valence-corrected chi connectivity index (χ1v) is 11.2. The minimum absolute atomic E-state index is 0.0973. The summed E-state index contributed by atoms with van der Waals surface area (Å²) in [5.74, 6) is -1.85. The lowest BCUT2D eigenvalue weighted by Crippen LogP contribution is -2.61. The van der Waals surface area contributed by atoms with Crippen LogP contribution in [0.25, 0.3) is 11.1 Å². The van der Waals surface area contributed by atoms with Crippen LogP contribution in [0.5, 0.6) is 0 Å². The molecule has 1 saturated heterocycles. The normalized spacial score (nSPS) is 20.2. The average Bonchev–Trinajstić information content (AvgIpc) is 3.15. The van der Waals surface area contributed by atoms with Crippen LogP contribution in [-0.4, -0.2) is 79.6 Å². The van der Waals surface area contributed by atoms with Gasteiger partial charge in [-0.1, -0.05) is 48.5 Å². The van der Waals surface area contributed by atoms with E-state index in [1.165, 1.54) is 12.0 Å². The molecule has 0 bridgehead atoms. The van der Waals surface area contributed by atoms with Crippen LogP contribution in [0.1, 0.15) is 24.0 Å². The van der Waals surface area contributed by atoms with E-state index in [1.54, 1.807) is 6.92 Å². The molecule has 3 unspecified atom stereocenters. The predicted octanol–water partition coefficient (Wildman–Crippen LogP) is 2.24. The monoisotopic (exact) mass is 468 g/mol. The highest BCUT2D eigenvalue weighted by atomic mass is 16.5. The molecule has 1 fully saturated rings. The van der Waals surface area contributed by atoms with Crippen LogP contribution in [0.15, 0.2) is 48.5 Å². The van der Waals surface area contributed by atoms with E-state index >= 15 is 0 Å². The lowest BCUT2D eigenvalue weighted by molar-refractivity contribution is -0.166. The number of rotatable bonds is 7. The first-order chi connectivity index (χ1) is 16.4. The van der Waals surface area contributed by atoms with Crippen molar-refractivity contribution in [1.82, 2.24) is 10.2 Å². The van der Waals surface area contributed by atoms with Crippen molar-refractivity contribution in [1.29, 1.82) is 0 Å². The van der Waals surface area contributed by atoms with E-state index in [4.69, 9.17) is 14.2 Å². The van der Waals surface area contributed by atoms with E-state index in [2.05, 4.69) is 5.32 Å². The number of carbonyl (C=O) groups is 3. The summed E-state index contributed by atoms with van der Waals surface area (Å²) < 4.78 is 16.0. The molecule has 2 aliphatic rings. The number of nitrogens with zero attached hydrogens (tertiary/aromatic N) is 1. The summed E-state index contributed by atoms with van der Waals surface area (Å²) in [6.07, 6.45) is -1.45. The molecule has 2 N–H and O–H groups in total. The van der Waals surface area contributed by atoms with Crippen LogP contribution in [-0.2, 0) is 23.8 Å². The average molecular weight is 469 g/mol. The molecule has 34 heavy (non-hydrogen) atoms.